The Morgan fingerprint density at radius 3 is 0.701 bits per heavy atom. The average Bonchev–Trinajstić information content (AvgIpc) is 1.50. The Labute approximate surface area is 594 Å². The number of ether oxygens (including phenoxy) is 4. The van der Waals surface area contributed by atoms with Gasteiger partial charge in [0.05, 0.1) is 26.4 Å². The van der Waals surface area contributed by atoms with Gasteiger partial charge in [0.15, 0.2) is 12.2 Å². The number of hydrogen-bond donors (Lipinski definition) is 3. The molecule has 19 heteroatoms. The fraction of sp³-hybridized carbons (Fsp3) is 0.949. The van der Waals surface area contributed by atoms with Crippen LogP contribution in [0.3, 0.4) is 0 Å². The molecule has 0 amide bonds. The highest BCUT2D eigenvalue weighted by atomic mass is 31.2. The van der Waals surface area contributed by atoms with Gasteiger partial charge in [0.1, 0.15) is 19.3 Å². The predicted molar refractivity (Wildman–Crippen MR) is 395 cm³/mol. The number of carbonyl (C=O) groups is 4. The van der Waals surface area contributed by atoms with E-state index in [0.717, 1.165) is 102 Å². The van der Waals surface area contributed by atoms with Crippen LogP contribution in [0.4, 0.5) is 0 Å². The van der Waals surface area contributed by atoms with E-state index in [1.165, 1.54) is 218 Å². The summed E-state index contributed by atoms with van der Waals surface area (Å²) in [6.07, 6.45) is 58.3. The summed E-state index contributed by atoms with van der Waals surface area (Å²) in [6, 6.07) is 0. The van der Waals surface area contributed by atoms with Crippen molar-refractivity contribution < 1.29 is 80.2 Å². The molecule has 0 aliphatic heterocycles. The first-order valence-corrected chi connectivity index (χ1v) is 43.5. The quantitative estimate of drug-likeness (QED) is 0.0222. The van der Waals surface area contributed by atoms with Gasteiger partial charge in [0.25, 0.3) is 0 Å². The summed E-state index contributed by atoms with van der Waals surface area (Å²) in [5, 5.41) is 10.6. The van der Waals surface area contributed by atoms with Gasteiger partial charge in [0, 0.05) is 25.7 Å². The zero-order valence-electron chi connectivity index (χ0n) is 63.4. The molecule has 0 aromatic rings. The van der Waals surface area contributed by atoms with Gasteiger partial charge in [-0.2, -0.15) is 0 Å². The van der Waals surface area contributed by atoms with Gasteiger partial charge in [-0.1, -0.05) is 356 Å². The third kappa shape index (κ3) is 72.2. The van der Waals surface area contributed by atoms with Gasteiger partial charge in [0.2, 0.25) is 0 Å². The molecule has 0 rings (SSSR count). The normalized spacial score (nSPS) is 14.0. The number of rotatable bonds is 77. The molecule has 17 nitrogen and oxygen atoms in total. The molecule has 0 fully saturated rings. The van der Waals surface area contributed by atoms with E-state index in [1.54, 1.807) is 0 Å². The van der Waals surface area contributed by atoms with Crippen LogP contribution in [0, 0.1) is 11.8 Å². The summed E-state index contributed by atoms with van der Waals surface area (Å²) >= 11 is 0. The zero-order chi connectivity index (χ0) is 71.4. The Morgan fingerprint density at radius 1 is 0.278 bits per heavy atom. The van der Waals surface area contributed by atoms with E-state index in [2.05, 4.69) is 41.5 Å². The van der Waals surface area contributed by atoms with E-state index in [9.17, 15) is 43.2 Å². The summed E-state index contributed by atoms with van der Waals surface area (Å²) in [7, 11) is -9.91. The lowest BCUT2D eigenvalue weighted by atomic mass is 10.0. The molecule has 576 valence electrons. The van der Waals surface area contributed by atoms with Crippen LogP contribution in [0.5, 0.6) is 0 Å². The van der Waals surface area contributed by atoms with Crippen LogP contribution in [0.2, 0.25) is 0 Å². The number of hydrogen-bond acceptors (Lipinski definition) is 15. The molecule has 0 aromatic heterocycles. The second-order valence-electron chi connectivity index (χ2n) is 29.1. The number of aliphatic hydroxyl groups is 1. The monoisotopic (exact) mass is 1420 g/mol. The lowest BCUT2D eigenvalue weighted by Gasteiger charge is -2.21. The molecular weight excluding hydrogens is 1270 g/mol. The summed E-state index contributed by atoms with van der Waals surface area (Å²) < 4.78 is 68.6. The third-order valence-electron chi connectivity index (χ3n) is 18.2. The maximum atomic E-state index is 13.1. The highest BCUT2D eigenvalue weighted by molar-refractivity contribution is 7.47. The Hall–Kier alpha value is -1.94. The molecule has 0 heterocycles. The first-order chi connectivity index (χ1) is 46.9. The zero-order valence-corrected chi connectivity index (χ0v) is 65.2. The molecule has 0 radical (unpaired) electrons. The number of carbonyl (C=O) groups excluding carboxylic acids is 4. The van der Waals surface area contributed by atoms with Crippen LogP contribution in [0.25, 0.3) is 0 Å². The first-order valence-electron chi connectivity index (χ1n) is 40.5. The van der Waals surface area contributed by atoms with Crippen LogP contribution < -0.4 is 0 Å². The lowest BCUT2D eigenvalue weighted by molar-refractivity contribution is -0.161. The van der Waals surface area contributed by atoms with Crippen LogP contribution in [-0.2, 0) is 65.4 Å². The van der Waals surface area contributed by atoms with Crippen molar-refractivity contribution >= 4 is 39.5 Å². The second-order valence-corrected chi connectivity index (χ2v) is 32.0. The van der Waals surface area contributed by atoms with E-state index in [-0.39, 0.29) is 25.7 Å². The van der Waals surface area contributed by atoms with Crippen LogP contribution in [0.15, 0.2) is 0 Å². The fourth-order valence-electron chi connectivity index (χ4n) is 12.0. The van der Waals surface area contributed by atoms with Crippen molar-refractivity contribution in [2.45, 2.75) is 426 Å². The predicted octanol–water partition coefficient (Wildman–Crippen LogP) is 23.1. The Bertz CT molecular complexity index is 1870. The average molecular weight is 1420 g/mol. The van der Waals surface area contributed by atoms with Crippen molar-refractivity contribution in [2.75, 3.05) is 39.6 Å². The SMILES string of the molecule is CCCCCCCCCCCCCCCCCCC(=O)OC[C@H](COP(=O)(O)OC[C@@H](O)COP(=O)(O)OC[C@@H](COC(=O)CCCCCCCCC(C)C)OC(=O)CCCCCCCCCCCCCCCC)OC(=O)CCCCCCCCCCCCCCCCCC(C)C. The maximum Gasteiger partial charge on any atom is 0.472 e. The van der Waals surface area contributed by atoms with Crippen molar-refractivity contribution in [3.8, 4) is 0 Å². The molecule has 0 saturated carbocycles. The number of unbranched alkanes of at least 4 members (excludes halogenated alkanes) is 47. The van der Waals surface area contributed by atoms with Crippen molar-refractivity contribution in [3.63, 3.8) is 0 Å². The molecule has 2 unspecified atom stereocenters. The smallest absolute Gasteiger partial charge is 0.462 e. The second kappa shape index (κ2) is 69.8. The largest absolute Gasteiger partial charge is 0.472 e. The van der Waals surface area contributed by atoms with E-state index in [0.29, 0.717) is 31.6 Å². The van der Waals surface area contributed by atoms with Gasteiger partial charge in [-0.05, 0) is 37.5 Å². The van der Waals surface area contributed by atoms with Gasteiger partial charge in [-0.25, -0.2) is 9.13 Å². The van der Waals surface area contributed by atoms with Crippen LogP contribution in [0.1, 0.15) is 408 Å². The lowest BCUT2D eigenvalue weighted by Crippen LogP contribution is -2.30. The Morgan fingerprint density at radius 2 is 0.474 bits per heavy atom. The first kappa shape index (κ1) is 95.1. The van der Waals surface area contributed by atoms with Crippen molar-refractivity contribution in [2.24, 2.45) is 11.8 Å². The summed E-state index contributed by atoms with van der Waals surface area (Å²) in [5.41, 5.74) is 0. The minimum atomic E-state index is -4.96. The van der Waals surface area contributed by atoms with E-state index in [1.807, 2.05) is 0 Å². The standard InChI is InChI=1S/C78H152O17P2/c1-7-9-11-13-15-17-19-21-23-26-30-33-37-41-48-54-60-75(80)88-66-73(94-77(82)63-57-51-43-39-35-31-27-24-25-28-32-36-40-46-52-58-70(3)4)68-92-96(84,85)90-64-72(79)65-91-97(86,87)93-69-74(67-89-76(81)61-55-49-45-44-47-53-59-71(5)6)95-78(83)62-56-50-42-38-34-29-22-20-18-16-14-12-10-8-2/h70-74,79H,7-69H2,1-6H3,(H,84,85)(H,86,87)/t72-,73-,74-/m1/s1. The number of phosphoric ester groups is 2. The fourth-order valence-corrected chi connectivity index (χ4v) is 13.6. The van der Waals surface area contributed by atoms with Gasteiger partial charge in [-0.3, -0.25) is 37.3 Å². The number of aliphatic hydroxyl groups excluding tert-OH is 1. The van der Waals surface area contributed by atoms with E-state index >= 15 is 0 Å². The van der Waals surface area contributed by atoms with Crippen molar-refractivity contribution in [1.82, 2.24) is 0 Å². The molecule has 97 heavy (non-hydrogen) atoms. The molecule has 5 atom stereocenters. The van der Waals surface area contributed by atoms with Gasteiger partial charge >= 0.3 is 39.5 Å². The van der Waals surface area contributed by atoms with E-state index in [4.69, 9.17) is 37.0 Å². The topological polar surface area (TPSA) is 237 Å². The summed E-state index contributed by atoms with van der Waals surface area (Å²) in [4.78, 5) is 72.9. The molecule has 0 spiro atoms. The molecular formula is C78H152O17P2. The molecule has 0 aliphatic rings. The van der Waals surface area contributed by atoms with Gasteiger partial charge in [-0.15, -0.1) is 0 Å². The highest BCUT2D eigenvalue weighted by Gasteiger charge is 2.30. The minimum absolute atomic E-state index is 0.107. The highest BCUT2D eigenvalue weighted by Crippen LogP contribution is 2.45. The summed E-state index contributed by atoms with van der Waals surface area (Å²) in [6.45, 7) is 9.56. The van der Waals surface area contributed by atoms with Gasteiger partial charge < -0.3 is 33.8 Å². The number of phosphoric acid groups is 2. The molecule has 3 N–H and O–H groups in total. The molecule has 0 bridgehead atoms. The van der Waals surface area contributed by atoms with Crippen LogP contribution in [-0.4, -0.2) is 96.7 Å². The van der Waals surface area contributed by atoms with E-state index < -0.39 is 97.5 Å². The summed E-state index contributed by atoms with van der Waals surface area (Å²) in [5.74, 6) is -0.631. The van der Waals surface area contributed by atoms with Crippen molar-refractivity contribution in [3.05, 3.63) is 0 Å². The third-order valence-corrected chi connectivity index (χ3v) is 20.1. The maximum absolute atomic E-state index is 13.1. The molecule has 0 aromatic carbocycles. The van der Waals surface area contributed by atoms with Crippen LogP contribution >= 0.6 is 15.6 Å². The molecule has 0 aliphatic carbocycles. The Kier molecular flexibility index (Phi) is 68.4. The van der Waals surface area contributed by atoms with Crippen molar-refractivity contribution in [1.29, 1.82) is 0 Å². The minimum Gasteiger partial charge on any atom is -0.462 e. The molecule has 0 saturated heterocycles. The number of esters is 4. The Balaban J connectivity index is 5.23.